The number of nitrogens with one attached hydrogen (secondary N) is 2. The van der Waals surface area contributed by atoms with Gasteiger partial charge in [-0.1, -0.05) is 0 Å². The van der Waals surface area contributed by atoms with Crippen molar-refractivity contribution in [1.29, 1.82) is 5.26 Å². The molecule has 0 bridgehead atoms. The van der Waals surface area contributed by atoms with Crippen molar-refractivity contribution < 1.29 is 8.42 Å². The van der Waals surface area contributed by atoms with Gasteiger partial charge in [-0.2, -0.15) is 10.4 Å². The summed E-state index contributed by atoms with van der Waals surface area (Å²) in [7, 11) is -3.57. The third-order valence-corrected chi connectivity index (χ3v) is 2.66. The van der Waals surface area contributed by atoms with Gasteiger partial charge in [0.25, 0.3) is 0 Å². The second-order valence-corrected chi connectivity index (χ2v) is 4.55. The smallest absolute Gasteiger partial charge is 0.246 e. The van der Waals surface area contributed by atoms with Gasteiger partial charge in [0.15, 0.2) is 5.75 Å². The zero-order chi connectivity index (χ0) is 10.8. The number of aromatic nitrogens is 2. The van der Waals surface area contributed by atoms with E-state index in [4.69, 9.17) is 5.26 Å². The minimum absolute atomic E-state index is 0.417. The molecule has 0 amide bonds. The Labute approximate surface area is 82.0 Å². The van der Waals surface area contributed by atoms with Crippen LogP contribution in [0.5, 0.6) is 0 Å². The zero-order valence-corrected chi connectivity index (χ0v) is 8.64. The van der Waals surface area contributed by atoms with Crippen LogP contribution < -0.4 is 4.72 Å². The number of hydrogen-bond acceptors (Lipinski definition) is 4. The summed E-state index contributed by atoms with van der Waals surface area (Å²) in [6.07, 6.45) is 0. The molecule has 0 radical (unpaired) electrons. The Morgan fingerprint density at radius 2 is 2.21 bits per heavy atom. The van der Waals surface area contributed by atoms with E-state index in [1.165, 1.54) is 0 Å². The molecule has 0 aliphatic carbocycles. The molecule has 0 spiro atoms. The molecule has 7 heteroatoms. The van der Waals surface area contributed by atoms with Crippen molar-refractivity contribution in [2.24, 2.45) is 0 Å². The van der Waals surface area contributed by atoms with Crippen LogP contribution >= 0.6 is 0 Å². The summed E-state index contributed by atoms with van der Waals surface area (Å²) in [5.41, 5.74) is 1.60. The van der Waals surface area contributed by atoms with E-state index in [1.54, 1.807) is 19.9 Å². The van der Waals surface area contributed by atoms with Crippen molar-refractivity contribution >= 4 is 15.7 Å². The molecule has 0 aliphatic rings. The maximum Gasteiger partial charge on any atom is 0.246 e. The number of rotatable bonds is 3. The number of nitriles is 1. The molecule has 0 unspecified atom stereocenters. The second-order valence-electron chi connectivity index (χ2n) is 2.83. The lowest BCUT2D eigenvalue weighted by Gasteiger charge is -2.03. The largest absolute Gasteiger partial charge is 0.280 e. The van der Waals surface area contributed by atoms with E-state index in [9.17, 15) is 8.42 Å². The molecule has 1 aromatic heterocycles. The maximum absolute atomic E-state index is 11.2. The average Bonchev–Trinajstić information content (AvgIpc) is 2.35. The number of nitrogens with zero attached hydrogens (tertiary/aromatic N) is 2. The Kier molecular flexibility index (Phi) is 2.76. The van der Waals surface area contributed by atoms with Crippen LogP contribution in [0.4, 0.5) is 5.69 Å². The summed E-state index contributed by atoms with van der Waals surface area (Å²) in [5, 5.41) is 14.7. The standard InChI is InChI=1S/C7H10N4O2S/c1-5-7(6(2)10-9-5)11-14(12,13)4-3-8/h11H,4H2,1-2H3,(H,9,10). The summed E-state index contributed by atoms with van der Waals surface area (Å²) in [6.45, 7) is 3.37. The number of H-pyrrole nitrogens is 1. The van der Waals surface area contributed by atoms with Crippen LogP contribution in [0.2, 0.25) is 0 Å². The molecule has 1 aromatic rings. The van der Waals surface area contributed by atoms with Crippen molar-refractivity contribution in [3.05, 3.63) is 11.4 Å². The lowest BCUT2D eigenvalue weighted by Crippen LogP contribution is -2.16. The lowest BCUT2D eigenvalue weighted by molar-refractivity contribution is 0.604. The van der Waals surface area contributed by atoms with E-state index in [0.29, 0.717) is 17.1 Å². The third kappa shape index (κ3) is 2.23. The molecule has 2 N–H and O–H groups in total. The van der Waals surface area contributed by atoms with Crippen LogP contribution in [-0.4, -0.2) is 24.4 Å². The first-order chi connectivity index (χ1) is 6.46. The summed E-state index contributed by atoms with van der Waals surface area (Å²) >= 11 is 0. The number of aromatic amines is 1. The molecule has 0 aliphatic heterocycles. The minimum atomic E-state index is -3.57. The van der Waals surface area contributed by atoms with Crippen molar-refractivity contribution in [3.8, 4) is 6.07 Å². The fraction of sp³-hybridized carbons (Fsp3) is 0.429. The highest BCUT2D eigenvalue weighted by atomic mass is 32.2. The van der Waals surface area contributed by atoms with Crippen LogP contribution in [0.25, 0.3) is 0 Å². The number of aryl methyl sites for hydroxylation is 2. The summed E-state index contributed by atoms with van der Waals surface area (Å²) in [4.78, 5) is 0. The predicted molar refractivity (Wildman–Crippen MR) is 51.1 cm³/mol. The van der Waals surface area contributed by atoms with E-state index >= 15 is 0 Å². The fourth-order valence-corrected chi connectivity index (χ4v) is 1.83. The third-order valence-electron chi connectivity index (χ3n) is 1.64. The average molecular weight is 214 g/mol. The van der Waals surface area contributed by atoms with Crippen molar-refractivity contribution in [2.45, 2.75) is 13.8 Å². The molecular formula is C7H10N4O2S. The van der Waals surface area contributed by atoms with E-state index in [1.807, 2.05) is 0 Å². The summed E-state index contributed by atoms with van der Waals surface area (Å²) in [6, 6.07) is 1.58. The maximum atomic E-state index is 11.2. The Morgan fingerprint density at radius 1 is 1.57 bits per heavy atom. The van der Waals surface area contributed by atoms with Crippen LogP contribution in [-0.2, 0) is 10.0 Å². The highest BCUT2D eigenvalue weighted by Gasteiger charge is 2.14. The molecule has 14 heavy (non-hydrogen) atoms. The van der Waals surface area contributed by atoms with Crippen molar-refractivity contribution in [2.75, 3.05) is 10.5 Å². The topological polar surface area (TPSA) is 98.6 Å². The van der Waals surface area contributed by atoms with Gasteiger partial charge in [0.05, 0.1) is 23.1 Å². The SMILES string of the molecule is Cc1n[nH]c(C)c1NS(=O)(=O)CC#N. The molecule has 76 valence electrons. The molecule has 1 heterocycles. The monoisotopic (exact) mass is 214 g/mol. The van der Waals surface area contributed by atoms with Crippen LogP contribution in [0, 0.1) is 25.2 Å². The number of sulfonamides is 1. The quantitative estimate of drug-likeness (QED) is 0.755. The van der Waals surface area contributed by atoms with Crippen LogP contribution in [0.3, 0.4) is 0 Å². The Hall–Kier alpha value is -1.55. The molecule has 0 atom stereocenters. The lowest BCUT2D eigenvalue weighted by atomic mass is 10.3. The second kappa shape index (κ2) is 3.67. The fourth-order valence-electron chi connectivity index (χ4n) is 0.978. The number of anilines is 1. The van der Waals surface area contributed by atoms with Crippen molar-refractivity contribution in [1.82, 2.24) is 10.2 Å². The van der Waals surface area contributed by atoms with Gasteiger partial charge < -0.3 is 0 Å². The first kappa shape index (κ1) is 10.5. The Balaban J connectivity index is 2.96. The predicted octanol–water partition coefficient (Wildman–Crippen LogP) is 0.292. The van der Waals surface area contributed by atoms with Gasteiger partial charge in [-0.25, -0.2) is 8.42 Å². The van der Waals surface area contributed by atoms with E-state index in [2.05, 4.69) is 14.9 Å². The van der Waals surface area contributed by atoms with Gasteiger partial charge in [0.1, 0.15) is 0 Å². The normalized spacial score (nSPS) is 10.9. The highest BCUT2D eigenvalue weighted by Crippen LogP contribution is 2.17. The minimum Gasteiger partial charge on any atom is -0.280 e. The molecule has 0 aromatic carbocycles. The van der Waals surface area contributed by atoms with Crippen molar-refractivity contribution in [3.63, 3.8) is 0 Å². The zero-order valence-electron chi connectivity index (χ0n) is 7.83. The summed E-state index contributed by atoms with van der Waals surface area (Å²) < 4.78 is 24.7. The molecule has 0 saturated heterocycles. The molecular weight excluding hydrogens is 204 g/mol. The van der Waals surface area contributed by atoms with Gasteiger partial charge in [-0.3, -0.25) is 9.82 Å². The molecule has 1 rings (SSSR count). The van der Waals surface area contributed by atoms with E-state index in [-0.39, 0.29) is 0 Å². The van der Waals surface area contributed by atoms with Crippen LogP contribution in [0.15, 0.2) is 0 Å². The van der Waals surface area contributed by atoms with Gasteiger partial charge in [-0.05, 0) is 13.8 Å². The van der Waals surface area contributed by atoms with Gasteiger partial charge in [-0.15, -0.1) is 0 Å². The Morgan fingerprint density at radius 3 is 2.64 bits per heavy atom. The first-order valence-electron chi connectivity index (χ1n) is 3.85. The Bertz CT molecular complexity index is 449. The van der Waals surface area contributed by atoms with E-state index in [0.717, 1.165) is 0 Å². The first-order valence-corrected chi connectivity index (χ1v) is 5.50. The van der Waals surface area contributed by atoms with Crippen LogP contribution in [0.1, 0.15) is 11.4 Å². The molecule has 6 nitrogen and oxygen atoms in total. The highest BCUT2D eigenvalue weighted by molar-refractivity contribution is 7.92. The summed E-state index contributed by atoms with van der Waals surface area (Å²) in [5.74, 6) is -0.558. The van der Waals surface area contributed by atoms with Gasteiger partial charge in [0, 0.05) is 0 Å². The molecule has 0 saturated carbocycles. The van der Waals surface area contributed by atoms with Gasteiger partial charge in [0.2, 0.25) is 10.0 Å². The number of hydrogen-bond donors (Lipinski definition) is 2. The van der Waals surface area contributed by atoms with Gasteiger partial charge >= 0.3 is 0 Å². The molecule has 0 fully saturated rings. The van der Waals surface area contributed by atoms with E-state index < -0.39 is 15.8 Å².